The van der Waals surface area contributed by atoms with Gasteiger partial charge < -0.3 is 31.1 Å². The maximum atomic E-state index is 10.4. The van der Waals surface area contributed by atoms with Gasteiger partial charge in [-0.1, -0.05) is 19.3 Å². The van der Waals surface area contributed by atoms with Crippen LogP contribution >= 0.6 is 0 Å². The first-order valence-electron chi connectivity index (χ1n) is 9.40. The second kappa shape index (κ2) is 7.19. The highest BCUT2D eigenvalue weighted by Gasteiger charge is 2.44. The quantitative estimate of drug-likeness (QED) is 0.498. The van der Waals surface area contributed by atoms with E-state index in [0.29, 0.717) is 29.0 Å². The predicted octanol–water partition coefficient (Wildman–Crippen LogP) is 0.0730. The van der Waals surface area contributed by atoms with Crippen LogP contribution in [0.2, 0.25) is 0 Å². The van der Waals surface area contributed by atoms with Crippen molar-refractivity contribution in [2.45, 2.75) is 69.6 Å². The standard InChI is InChI=1S/C17H26N6O4/c1-8-19-11-14(18)21-17(20-9-5-3-2-4-6-9)22-15(11)23(8)16-13(26)12(25)10(7-24)27-16/h9-10,12-13,16,24-26H,2-7H2,1H3,(H3,18,20,21,22)/t10-,12-,13-,16-/m1/s1. The Bertz CT molecular complexity index is 821. The van der Waals surface area contributed by atoms with Crippen LogP contribution in [-0.2, 0) is 4.74 Å². The summed E-state index contributed by atoms with van der Waals surface area (Å²) >= 11 is 0. The summed E-state index contributed by atoms with van der Waals surface area (Å²) in [5.41, 5.74) is 6.94. The first kappa shape index (κ1) is 18.4. The molecule has 2 aromatic heterocycles. The van der Waals surface area contributed by atoms with Gasteiger partial charge in [0.25, 0.3) is 0 Å². The van der Waals surface area contributed by atoms with Gasteiger partial charge in [0.1, 0.15) is 24.1 Å². The predicted molar refractivity (Wildman–Crippen MR) is 98.0 cm³/mol. The van der Waals surface area contributed by atoms with Gasteiger partial charge in [0.15, 0.2) is 23.2 Å². The van der Waals surface area contributed by atoms with Gasteiger partial charge in [-0.3, -0.25) is 4.57 Å². The summed E-state index contributed by atoms with van der Waals surface area (Å²) < 4.78 is 7.25. The largest absolute Gasteiger partial charge is 0.394 e. The molecule has 0 amide bonds. The molecule has 2 aliphatic rings. The van der Waals surface area contributed by atoms with E-state index in [4.69, 9.17) is 10.5 Å². The Morgan fingerprint density at radius 3 is 2.56 bits per heavy atom. The molecule has 0 bridgehead atoms. The van der Waals surface area contributed by atoms with E-state index < -0.39 is 31.1 Å². The molecular weight excluding hydrogens is 352 g/mol. The lowest BCUT2D eigenvalue weighted by Gasteiger charge is -2.23. The van der Waals surface area contributed by atoms with Crippen LogP contribution in [0.5, 0.6) is 0 Å². The molecule has 1 aliphatic heterocycles. The Morgan fingerprint density at radius 1 is 1.15 bits per heavy atom. The van der Waals surface area contributed by atoms with Crippen LogP contribution in [0.25, 0.3) is 11.2 Å². The monoisotopic (exact) mass is 378 g/mol. The maximum absolute atomic E-state index is 10.4. The van der Waals surface area contributed by atoms with E-state index in [2.05, 4.69) is 20.3 Å². The zero-order valence-electron chi connectivity index (χ0n) is 15.2. The Labute approximate surface area is 156 Å². The summed E-state index contributed by atoms with van der Waals surface area (Å²) in [4.78, 5) is 13.3. The number of aromatic nitrogens is 4. The third-order valence-corrected chi connectivity index (χ3v) is 5.45. The number of hydrogen-bond donors (Lipinski definition) is 5. The number of nitrogens with two attached hydrogens (primary N) is 1. The molecule has 10 nitrogen and oxygen atoms in total. The average Bonchev–Trinajstić information content (AvgIpc) is 3.13. The van der Waals surface area contributed by atoms with Crippen LogP contribution < -0.4 is 11.1 Å². The number of imidazole rings is 1. The zero-order chi connectivity index (χ0) is 19.1. The van der Waals surface area contributed by atoms with E-state index in [0.717, 1.165) is 12.8 Å². The van der Waals surface area contributed by atoms with Gasteiger partial charge in [-0.05, 0) is 19.8 Å². The van der Waals surface area contributed by atoms with Gasteiger partial charge in [-0.25, -0.2) is 4.98 Å². The molecule has 1 aliphatic carbocycles. The van der Waals surface area contributed by atoms with Crippen molar-refractivity contribution in [2.75, 3.05) is 17.7 Å². The summed E-state index contributed by atoms with van der Waals surface area (Å²) in [6.07, 6.45) is 1.52. The molecule has 0 aromatic carbocycles. The topological polar surface area (TPSA) is 152 Å². The Morgan fingerprint density at radius 2 is 1.89 bits per heavy atom. The third-order valence-electron chi connectivity index (χ3n) is 5.45. The van der Waals surface area contributed by atoms with Crippen molar-refractivity contribution in [3.63, 3.8) is 0 Å². The number of aliphatic hydroxyl groups excluding tert-OH is 3. The minimum atomic E-state index is -1.22. The molecule has 0 spiro atoms. The van der Waals surface area contributed by atoms with E-state index >= 15 is 0 Å². The number of nitrogen functional groups attached to an aromatic ring is 1. The minimum absolute atomic E-state index is 0.243. The zero-order valence-corrected chi connectivity index (χ0v) is 15.2. The first-order chi connectivity index (χ1) is 13.0. The number of anilines is 2. The van der Waals surface area contributed by atoms with Gasteiger partial charge in [-0.15, -0.1) is 0 Å². The van der Waals surface area contributed by atoms with Crippen molar-refractivity contribution >= 4 is 22.9 Å². The number of nitrogens with zero attached hydrogens (tertiary/aromatic N) is 4. The van der Waals surface area contributed by atoms with Crippen molar-refractivity contribution in [1.29, 1.82) is 0 Å². The molecule has 3 heterocycles. The lowest BCUT2D eigenvalue weighted by Crippen LogP contribution is -2.33. The molecule has 6 N–H and O–H groups in total. The van der Waals surface area contributed by atoms with Crippen LogP contribution in [0.1, 0.15) is 44.2 Å². The minimum Gasteiger partial charge on any atom is -0.394 e. The highest BCUT2D eigenvalue weighted by molar-refractivity contribution is 5.83. The van der Waals surface area contributed by atoms with Crippen molar-refractivity contribution < 1.29 is 20.1 Å². The molecule has 0 radical (unpaired) electrons. The lowest BCUT2D eigenvalue weighted by atomic mass is 9.96. The number of nitrogens with one attached hydrogen (secondary N) is 1. The molecule has 0 unspecified atom stereocenters. The number of ether oxygens (including phenoxy) is 1. The van der Waals surface area contributed by atoms with Crippen LogP contribution in [0, 0.1) is 6.92 Å². The number of aryl methyl sites for hydroxylation is 1. The van der Waals surface area contributed by atoms with E-state index in [1.54, 1.807) is 11.5 Å². The van der Waals surface area contributed by atoms with Gasteiger partial charge >= 0.3 is 0 Å². The van der Waals surface area contributed by atoms with E-state index in [1.807, 2.05) is 0 Å². The Balaban J connectivity index is 1.71. The fourth-order valence-electron chi connectivity index (χ4n) is 4.00. The normalized spacial score (nSPS) is 29.5. The van der Waals surface area contributed by atoms with Crippen LogP contribution in [0.3, 0.4) is 0 Å². The highest BCUT2D eigenvalue weighted by Crippen LogP contribution is 2.34. The number of fused-ring (bicyclic) bond motifs is 1. The molecule has 2 fully saturated rings. The first-order valence-corrected chi connectivity index (χ1v) is 9.40. The van der Waals surface area contributed by atoms with Crippen LogP contribution in [0.4, 0.5) is 11.8 Å². The molecule has 2 aromatic rings. The molecule has 4 rings (SSSR count). The molecule has 4 atom stereocenters. The Hall–Kier alpha value is -2.01. The van der Waals surface area contributed by atoms with Crippen molar-refractivity contribution in [2.24, 2.45) is 0 Å². The summed E-state index contributed by atoms with van der Waals surface area (Å²) in [6.45, 7) is 1.34. The van der Waals surface area contributed by atoms with Crippen LogP contribution in [-0.4, -0.2) is 65.8 Å². The average molecular weight is 378 g/mol. The van der Waals surface area contributed by atoms with E-state index in [9.17, 15) is 15.3 Å². The number of hydrogen-bond acceptors (Lipinski definition) is 9. The molecular formula is C17H26N6O4. The Kier molecular flexibility index (Phi) is 4.89. The fourth-order valence-corrected chi connectivity index (χ4v) is 4.00. The molecule has 27 heavy (non-hydrogen) atoms. The number of aliphatic hydroxyl groups is 3. The van der Waals surface area contributed by atoms with Crippen molar-refractivity contribution in [3.05, 3.63) is 5.82 Å². The molecule has 1 saturated carbocycles. The SMILES string of the molecule is Cc1nc2c(N)nc(NC3CCCCC3)nc2n1[C@@H]1O[C@H](CO)[C@@H](O)[C@H]1O. The lowest BCUT2D eigenvalue weighted by molar-refractivity contribution is -0.0519. The van der Waals surface area contributed by atoms with Gasteiger partial charge in [0.2, 0.25) is 5.95 Å². The second-order valence-electron chi connectivity index (χ2n) is 7.34. The number of rotatable bonds is 4. The van der Waals surface area contributed by atoms with E-state index in [-0.39, 0.29) is 5.82 Å². The third kappa shape index (κ3) is 3.22. The summed E-state index contributed by atoms with van der Waals surface area (Å²) in [5.74, 6) is 1.18. The summed E-state index contributed by atoms with van der Waals surface area (Å²) in [7, 11) is 0. The maximum Gasteiger partial charge on any atom is 0.226 e. The molecule has 148 valence electrons. The smallest absolute Gasteiger partial charge is 0.226 e. The summed E-state index contributed by atoms with van der Waals surface area (Å²) in [5, 5.41) is 33.2. The molecule has 1 saturated heterocycles. The van der Waals surface area contributed by atoms with Gasteiger partial charge in [-0.2, -0.15) is 9.97 Å². The van der Waals surface area contributed by atoms with E-state index in [1.165, 1.54) is 19.3 Å². The summed E-state index contributed by atoms with van der Waals surface area (Å²) in [6, 6.07) is 0.307. The van der Waals surface area contributed by atoms with Crippen LogP contribution in [0.15, 0.2) is 0 Å². The van der Waals surface area contributed by atoms with Crippen molar-refractivity contribution in [3.8, 4) is 0 Å². The van der Waals surface area contributed by atoms with Gasteiger partial charge in [0.05, 0.1) is 6.61 Å². The fraction of sp³-hybridized carbons (Fsp3) is 0.706. The second-order valence-corrected chi connectivity index (χ2v) is 7.34. The highest BCUT2D eigenvalue weighted by atomic mass is 16.6. The van der Waals surface area contributed by atoms with Gasteiger partial charge in [0, 0.05) is 6.04 Å². The van der Waals surface area contributed by atoms with Crippen molar-refractivity contribution in [1.82, 2.24) is 19.5 Å². The molecule has 10 heteroatoms.